The van der Waals surface area contributed by atoms with Gasteiger partial charge < -0.3 is 15.8 Å². The molecule has 3 N–H and O–H groups in total. The molecular weight excluding hydrogens is 426 g/mol. The number of benzene rings is 3. The highest BCUT2D eigenvalue weighted by molar-refractivity contribution is 5.93. The number of primary amides is 1. The highest BCUT2D eigenvalue weighted by Gasteiger charge is 2.38. The van der Waals surface area contributed by atoms with Crippen LogP contribution in [0, 0.1) is 5.41 Å². The smallest absolute Gasteiger partial charge is 0.414 e. The molecule has 2 atom stereocenters. The zero-order valence-corrected chi connectivity index (χ0v) is 19.5. The van der Waals surface area contributed by atoms with Crippen LogP contribution in [0.15, 0.2) is 72.8 Å². The number of amides is 2. The van der Waals surface area contributed by atoms with Crippen molar-refractivity contribution in [2.45, 2.75) is 38.8 Å². The lowest BCUT2D eigenvalue weighted by Gasteiger charge is -2.41. The lowest BCUT2D eigenvalue weighted by Crippen LogP contribution is -2.36. The summed E-state index contributed by atoms with van der Waals surface area (Å²) in [6.07, 6.45) is 1.23. The third-order valence-electron chi connectivity index (χ3n) is 6.87. The third kappa shape index (κ3) is 4.12. The van der Waals surface area contributed by atoms with Crippen LogP contribution in [0.2, 0.25) is 0 Å². The van der Waals surface area contributed by atoms with Crippen LogP contribution in [0.1, 0.15) is 46.9 Å². The predicted molar refractivity (Wildman–Crippen MR) is 133 cm³/mol. The number of carbonyl (C=O) groups is 2. The standard InChI is InChI=1S/C28H29N3O3/c1-28(2)16-21-14-20(26(29)32)11-12-24(21)30-25(28)19-9-6-10-22(15-19)31-23(17-34-27(31)33)13-18-7-4-3-5-8-18/h3-12,14-15,23,25,30H,13,16-17H2,1-2H3,(H2,29,32)/t23-,25?/m1/s1. The number of nitrogens with zero attached hydrogens (tertiary/aromatic N) is 1. The van der Waals surface area contributed by atoms with E-state index < -0.39 is 5.91 Å². The average molecular weight is 456 g/mol. The summed E-state index contributed by atoms with van der Waals surface area (Å²) in [4.78, 5) is 26.1. The number of hydrogen-bond donors (Lipinski definition) is 2. The zero-order chi connectivity index (χ0) is 23.9. The minimum Gasteiger partial charge on any atom is -0.447 e. The van der Waals surface area contributed by atoms with E-state index >= 15 is 0 Å². The topological polar surface area (TPSA) is 84.7 Å². The molecule has 1 fully saturated rings. The van der Waals surface area contributed by atoms with E-state index in [-0.39, 0.29) is 23.6 Å². The Morgan fingerprint density at radius 1 is 1.09 bits per heavy atom. The summed E-state index contributed by atoms with van der Waals surface area (Å²) in [5.41, 5.74) is 11.1. The summed E-state index contributed by atoms with van der Waals surface area (Å²) >= 11 is 0. The van der Waals surface area contributed by atoms with E-state index in [9.17, 15) is 9.59 Å². The Balaban J connectivity index is 1.44. The van der Waals surface area contributed by atoms with Crippen molar-refractivity contribution < 1.29 is 14.3 Å². The monoisotopic (exact) mass is 455 g/mol. The summed E-state index contributed by atoms with van der Waals surface area (Å²) in [6, 6.07) is 23.9. The van der Waals surface area contributed by atoms with Crippen molar-refractivity contribution in [2.75, 3.05) is 16.8 Å². The van der Waals surface area contributed by atoms with Gasteiger partial charge in [0, 0.05) is 16.9 Å². The maximum absolute atomic E-state index is 12.7. The van der Waals surface area contributed by atoms with Gasteiger partial charge in [0.25, 0.3) is 0 Å². The fraction of sp³-hybridized carbons (Fsp3) is 0.286. The molecule has 0 saturated carbocycles. The summed E-state index contributed by atoms with van der Waals surface area (Å²) in [5.74, 6) is -0.419. The van der Waals surface area contributed by atoms with Crippen molar-refractivity contribution in [3.63, 3.8) is 0 Å². The molecule has 2 aliphatic rings. The van der Waals surface area contributed by atoms with Gasteiger partial charge in [-0.15, -0.1) is 0 Å². The first-order valence-electron chi connectivity index (χ1n) is 11.6. The largest absolute Gasteiger partial charge is 0.447 e. The second-order valence-corrected chi connectivity index (χ2v) is 9.86. The number of hydrogen-bond acceptors (Lipinski definition) is 4. The van der Waals surface area contributed by atoms with Gasteiger partial charge in [-0.1, -0.05) is 56.3 Å². The van der Waals surface area contributed by atoms with Crippen molar-refractivity contribution >= 4 is 23.4 Å². The average Bonchev–Trinajstić information content (AvgIpc) is 3.18. The molecule has 1 saturated heterocycles. The van der Waals surface area contributed by atoms with Gasteiger partial charge in [-0.05, 0) is 65.3 Å². The highest BCUT2D eigenvalue weighted by atomic mass is 16.6. The molecule has 2 aliphatic heterocycles. The molecule has 5 rings (SSSR count). The minimum absolute atomic E-state index is 0.0329. The van der Waals surface area contributed by atoms with E-state index in [0.717, 1.165) is 35.3 Å². The molecule has 3 aromatic carbocycles. The first-order valence-corrected chi connectivity index (χ1v) is 11.6. The summed E-state index contributed by atoms with van der Waals surface area (Å²) < 4.78 is 5.44. The van der Waals surface area contributed by atoms with Crippen LogP contribution < -0.4 is 16.0 Å². The molecule has 6 nitrogen and oxygen atoms in total. The van der Waals surface area contributed by atoms with Crippen LogP contribution in [0.25, 0.3) is 0 Å². The number of ether oxygens (including phenoxy) is 1. The first-order chi connectivity index (χ1) is 16.3. The van der Waals surface area contributed by atoms with E-state index in [1.54, 1.807) is 11.0 Å². The van der Waals surface area contributed by atoms with Crippen LogP contribution in [0.3, 0.4) is 0 Å². The molecule has 0 spiro atoms. The van der Waals surface area contributed by atoms with Gasteiger partial charge in [-0.3, -0.25) is 9.69 Å². The Kier molecular flexibility index (Phi) is 5.52. The number of carbonyl (C=O) groups excluding carboxylic acids is 2. The maximum atomic E-state index is 12.7. The minimum atomic E-state index is -0.419. The number of anilines is 2. The van der Waals surface area contributed by atoms with Crippen LogP contribution in [-0.2, 0) is 17.6 Å². The Labute approximate surface area is 199 Å². The normalized spacial score (nSPS) is 20.9. The Hall–Kier alpha value is -3.80. The van der Waals surface area contributed by atoms with Gasteiger partial charge in [-0.2, -0.15) is 0 Å². The fourth-order valence-electron chi connectivity index (χ4n) is 5.18. The number of nitrogens with one attached hydrogen (secondary N) is 1. The number of fused-ring (bicyclic) bond motifs is 1. The molecular formula is C28H29N3O3. The summed E-state index contributed by atoms with van der Waals surface area (Å²) in [5, 5.41) is 3.66. The molecule has 2 heterocycles. The van der Waals surface area contributed by atoms with Gasteiger partial charge in [0.1, 0.15) is 6.61 Å². The van der Waals surface area contributed by atoms with Crippen LogP contribution >= 0.6 is 0 Å². The number of nitrogens with two attached hydrogens (primary N) is 1. The Bertz CT molecular complexity index is 1240. The fourth-order valence-corrected chi connectivity index (χ4v) is 5.18. The Morgan fingerprint density at radius 3 is 2.65 bits per heavy atom. The Morgan fingerprint density at radius 2 is 1.88 bits per heavy atom. The number of rotatable bonds is 5. The van der Waals surface area contributed by atoms with Crippen LogP contribution in [0.4, 0.5) is 16.2 Å². The molecule has 1 unspecified atom stereocenters. The van der Waals surface area contributed by atoms with E-state index in [0.29, 0.717) is 12.2 Å². The molecule has 0 aromatic heterocycles. The van der Waals surface area contributed by atoms with Crippen molar-refractivity contribution in [1.82, 2.24) is 0 Å². The maximum Gasteiger partial charge on any atom is 0.414 e. The third-order valence-corrected chi connectivity index (χ3v) is 6.87. The van der Waals surface area contributed by atoms with E-state index in [2.05, 4.69) is 43.4 Å². The van der Waals surface area contributed by atoms with Crippen molar-refractivity contribution in [1.29, 1.82) is 0 Å². The summed E-state index contributed by atoms with van der Waals surface area (Å²) in [6.45, 7) is 4.79. The lowest BCUT2D eigenvalue weighted by atomic mass is 9.72. The second kappa shape index (κ2) is 8.52. The van der Waals surface area contributed by atoms with Crippen molar-refractivity contribution in [3.8, 4) is 0 Å². The van der Waals surface area contributed by atoms with Crippen molar-refractivity contribution in [2.24, 2.45) is 11.1 Å². The molecule has 6 heteroatoms. The summed E-state index contributed by atoms with van der Waals surface area (Å²) in [7, 11) is 0. The van der Waals surface area contributed by atoms with Gasteiger partial charge in [0.15, 0.2) is 0 Å². The SMILES string of the molecule is CC1(C)Cc2cc(C(N)=O)ccc2NC1c1cccc(N2C(=O)OC[C@H]2Cc2ccccc2)c1. The quantitative estimate of drug-likeness (QED) is 0.561. The van der Waals surface area contributed by atoms with Gasteiger partial charge in [-0.25, -0.2) is 4.79 Å². The molecule has 174 valence electrons. The molecule has 34 heavy (non-hydrogen) atoms. The zero-order valence-electron chi connectivity index (χ0n) is 19.5. The first kappa shape index (κ1) is 22.0. The predicted octanol–water partition coefficient (Wildman–Crippen LogP) is 5.09. The van der Waals surface area contributed by atoms with E-state index in [1.807, 2.05) is 42.5 Å². The molecule has 0 radical (unpaired) electrons. The van der Waals surface area contributed by atoms with Crippen molar-refractivity contribution in [3.05, 3.63) is 95.1 Å². The van der Waals surface area contributed by atoms with E-state index in [1.165, 1.54) is 5.56 Å². The van der Waals surface area contributed by atoms with Gasteiger partial charge in [0.2, 0.25) is 5.91 Å². The molecule has 0 aliphatic carbocycles. The van der Waals surface area contributed by atoms with E-state index in [4.69, 9.17) is 10.5 Å². The van der Waals surface area contributed by atoms with Crippen LogP contribution in [-0.4, -0.2) is 24.6 Å². The van der Waals surface area contributed by atoms with Crippen LogP contribution in [0.5, 0.6) is 0 Å². The molecule has 2 amide bonds. The second-order valence-electron chi connectivity index (χ2n) is 9.86. The number of cyclic esters (lactones) is 1. The van der Waals surface area contributed by atoms with Gasteiger partial charge >= 0.3 is 6.09 Å². The van der Waals surface area contributed by atoms with Gasteiger partial charge in [0.05, 0.1) is 12.1 Å². The molecule has 0 bridgehead atoms. The molecule has 3 aromatic rings. The lowest BCUT2D eigenvalue weighted by molar-refractivity contribution is 0.1000. The highest BCUT2D eigenvalue weighted by Crippen LogP contribution is 2.45.